The smallest absolute Gasteiger partial charge is 0.324 e. The molecule has 3 aromatic rings. The molecule has 0 saturated heterocycles. The number of furan rings is 1. The zero-order chi connectivity index (χ0) is 21.4. The predicted molar refractivity (Wildman–Crippen MR) is 113 cm³/mol. The number of para-hydroxylation sites is 1. The number of hydrogen-bond acceptors (Lipinski definition) is 5. The van der Waals surface area contributed by atoms with Crippen molar-refractivity contribution in [1.82, 2.24) is 4.72 Å². The van der Waals surface area contributed by atoms with Crippen LogP contribution in [0.2, 0.25) is 0 Å². The minimum absolute atomic E-state index is 0.0772. The van der Waals surface area contributed by atoms with Gasteiger partial charge >= 0.3 is 5.97 Å². The highest BCUT2D eigenvalue weighted by atomic mass is 32.2. The minimum atomic E-state index is -3.95. The lowest BCUT2D eigenvalue weighted by Crippen LogP contribution is -2.47. The molecule has 156 valence electrons. The molecule has 1 N–H and O–H groups in total. The molecule has 29 heavy (non-hydrogen) atoms. The van der Waals surface area contributed by atoms with Crippen LogP contribution >= 0.6 is 0 Å². The summed E-state index contributed by atoms with van der Waals surface area (Å²) in [5.74, 6) is -0.802. The van der Waals surface area contributed by atoms with Crippen molar-refractivity contribution in [3.63, 3.8) is 0 Å². The van der Waals surface area contributed by atoms with Crippen LogP contribution in [0.1, 0.15) is 41.0 Å². The first-order chi connectivity index (χ1) is 13.5. The lowest BCUT2D eigenvalue weighted by molar-refractivity contribution is -0.158. The van der Waals surface area contributed by atoms with E-state index < -0.39 is 27.6 Å². The number of hydrogen-bond donors (Lipinski definition) is 1. The molecule has 0 aliphatic heterocycles. The Morgan fingerprint density at radius 2 is 1.76 bits per heavy atom. The topological polar surface area (TPSA) is 85.6 Å². The number of carbonyl (C=O) groups is 1. The van der Waals surface area contributed by atoms with Gasteiger partial charge in [-0.25, -0.2) is 8.42 Å². The Balaban J connectivity index is 1.97. The van der Waals surface area contributed by atoms with Crippen LogP contribution in [0.5, 0.6) is 0 Å². The van der Waals surface area contributed by atoms with Crippen LogP contribution < -0.4 is 4.72 Å². The maximum absolute atomic E-state index is 13.1. The number of rotatable bonds is 6. The standard InChI is InChI=1S/C22H27NO5S/c1-6-14(2)20(21(24)28-22(3,4)5)23-29(25,26)15-11-12-19-17(13-15)16-9-7-8-10-18(16)27-19/h7-14,20,23H,6H2,1-5H3/t14?,20-/m0/s1. The summed E-state index contributed by atoms with van der Waals surface area (Å²) in [6, 6.07) is 11.2. The number of nitrogens with one attached hydrogen (secondary N) is 1. The normalized spacial score (nSPS) is 14.8. The zero-order valence-electron chi connectivity index (χ0n) is 17.4. The van der Waals surface area contributed by atoms with Crippen LogP contribution in [0.4, 0.5) is 0 Å². The van der Waals surface area contributed by atoms with Gasteiger partial charge in [-0.3, -0.25) is 4.79 Å². The lowest BCUT2D eigenvalue weighted by Gasteiger charge is -2.27. The van der Waals surface area contributed by atoms with Crippen LogP contribution in [-0.4, -0.2) is 26.0 Å². The third-order valence-electron chi connectivity index (χ3n) is 4.81. The van der Waals surface area contributed by atoms with Gasteiger partial charge in [0.15, 0.2) is 0 Å². The van der Waals surface area contributed by atoms with E-state index in [-0.39, 0.29) is 10.8 Å². The molecule has 0 spiro atoms. The fourth-order valence-electron chi connectivity index (χ4n) is 3.11. The molecular formula is C22H27NO5S. The summed E-state index contributed by atoms with van der Waals surface area (Å²) in [5, 5.41) is 1.55. The SMILES string of the molecule is CCC(C)[C@H](NS(=O)(=O)c1ccc2oc3ccccc3c2c1)C(=O)OC(C)(C)C. The van der Waals surface area contributed by atoms with Crippen molar-refractivity contribution in [2.75, 3.05) is 0 Å². The highest BCUT2D eigenvalue weighted by Crippen LogP contribution is 2.30. The summed E-state index contributed by atoms with van der Waals surface area (Å²) in [6.45, 7) is 8.99. The Bertz CT molecular complexity index is 1140. The number of sulfonamides is 1. The predicted octanol–water partition coefficient (Wildman–Crippen LogP) is 4.62. The average molecular weight is 418 g/mol. The Hall–Kier alpha value is -2.38. The molecule has 2 atom stereocenters. The molecule has 0 fully saturated rings. The van der Waals surface area contributed by atoms with Crippen molar-refractivity contribution >= 4 is 37.9 Å². The molecule has 7 heteroatoms. The summed E-state index contributed by atoms with van der Waals surface area (Å²) < 4.78 is 39.9. The van der Waals surface area contributed by atoms with Crippen molar-refractivity contribution in [2.45, 2.75) is 57.6 Å². The Morgan fingerprint density at radius 3 is 2.41 bits per heavy atom. The Kier molecular flexibility index (Phi) is 5.74. The first-order valence-corrected chi connectivity index (χ1v) is 11.2. The second kappa shape index (κ2) is 7.80. The molecule has 6 nitrogen and oxygen atoms in total. The zero-order valence-corrected chi connectivity index (χ0v) is 18.2. The van der Waals surface area contributed by atoms with Crippen molar-refractivity contribution < 1.29 is 22.4 Å². The number of carbonyl (C=O) groups excluding carboxylic acids is 1. The van der Waals surface area contributed by atoms with E-state index in [1.54, 1.807) is 32.9 Å². The maximum Gasteiger partial charge on any atom is 0.324 e. The Labute approximate surface area is 171 Å². The van der Waals surface area contributed by atoms with Crippen molar-refractivity contribution in [3.05, 3.63) is 42.5 Å². The molecule has 2 aromatic carbocycles. The summed E-state index contributed by atoms with van der Waals surface area (Å²) in [7, 11) is -3.95. The summed E-state index contributed by atoms with van der Waals surface area (Å²) >= 11 is 0. The van der Waals surface area contributed by atoms with Gasteiger partial charge in [0.05, 0.1) is 4.90 Å². The molecule has 1 unspecified atom stereocenters. The summed E-state index contributed by atoms with van der Waals surface area (Å²) in [6.07, 6.45) is 0.623. The maximum atomic E-state index is 13.1. The van der Waals surface area contributed by atoms with E-state index >= 15 is 0 Å². The van der Waals surface area contributed by atoms with Gasteiger partial charge in [-0.15, -0.1) is 0 Å². The van der Waals surface area contributed by atoms with Gasteiger partial charge in [-0.1, -0.05) is 38.5 Å². The number of benzene rings is 2. The third kappa shape index (κ3) is 4.62. The van der Waals surface area contributed by atoms with Crippen LogP contribution in [0.15, 0.2) is 51.8 Å². The highest BCUT2D eigenvalue weighted by molar-refractivity contribution is 7.89. The minimum Gasteiger partial charge on any atom is -0.459 e. The fourth-order valence-corrected chi connectivity index (χ4v) is 4.42. The third-order valence-corrected chi connectivity index (χ3v) is 6.25. The molecule has 0 aliphatic rings. The van der Waals surface area contributed by atoms with Gasteiger partial charge in [-0.2, -0.15) is 4.72 Å². The lowest BCUT2D eigenvalue weighted by atomic mass is 10.00. The molecule has 0 aliphatic carbocycles. The molecule has 0 amide bonds. The van der Waals surface area contributed by atoms with Crippen LogP contribution in [0.3, 0.4) is 0 Å². The molecule has 3 rings (SSSR count). The molecule has 0 radical (unpaired) electrons. The van der Waals surface area contributed by atoms with E-state index in [1.807, 2.05) is 38.1 Å². The van der Waals surface area contributed by atoms with E-state index in [2.05, 4.69) is 4.72 Å². The van der Waals surface area contributed by atoms with Crippen LogP contribution in [0.25, 0.3) is 21.9 Å². The van der Waals surface area contributed by atoms with Gasteiger partial charge in [0.1, 0.15) is 22.8 Å². The van der Waals surface area contributed by atoms with E-state index in [9.17, 15) is 13.2 Å². The van der Waals surface area contributed by atoms with E-state index in [0.717, 1.165) is 5.39 Å². The van der Waals surface area contributed by atoms with Crippen LogP contribution in [-0.2, 0) is 19.6 Å². The van der Waals surface area contributed by atoms with E-state index in [4.69, 9.17) is 9.15 Å². The second-order valence-electron chi connectivity index (χ2n) is 8.27. The quantitative estimate of drug-likeness (QED) is 0.592. The summed E-state index contributed by atoms with van der Waals surface area (Å²) in [4.78, 5) is 12.7. The monoisotopic (exact) mass is 417 g/mol. The molecule has 1 aromatic heterocycles. The first kappa shape index (κ1) is 21.3. The van der Waals surface area contributed by atoms with Gasteiger partial charge in [0.25, 0.3) is 0 Å². The van der Waals surface area contributed by atoms with E-state index in [0.29, 0.717) is 23.0 Å². The molecule has 0 bridgehead atoms. The van der Waals surface area contributed by atoms with Gasteiger partial charge in [0.2, 0.25) is 10.0 Å². The Morgan fingerprint density at radius 1 is 1.10 bits per heavy atom. The highest BCUT2D eigenvalue weighted by Gasteiger charge is 2.33. The second-order valence-corrected chi connectivity index (χ2v) is 9.99. The van der Waals surface area contributed by atoms with E-state index in [1.165, 1.54) is 6.07 Å². The van der Waals surface area contributed by atoms with Crippen molar-refractivity contribution in [3.8, 4) is 0 Å². The molecular weight excluding hydrogens is 390 g/mol. The molecule has 0 saturated carbocycles. The largest absolute Gasteiger partial charge is 0.459 e. The van der Waals surface area contributed by atoms with Gasteiger partial charge < -0.3 is 9.15 Å². The number of esters is 1. The van der Waals surface area contributed by atoms with Gasteiger partial charge in [-0.05, 0) is 51.0 Å². The average Bonchev–Trinajstić information content (AvgIpc) is 3.02. The van der Waals surface area contributed by atoms with Crippen molar-refractivity contribution in [2.24, 2.45) is 5.92 Å². The fraction of sp³-hybridized carbons (Fsp3) is 0.409. The van der Waals surface area contributed by atoms with Gasteiger partial charge in [0, 0.05) is 10.8 Å². The summed E-state index contributed by atoms with van der Waals surface area (Å²) in [5.41, 5.74) is 0.593. The molecule has 1 heterocycles. The number of ether oxygens (including phenoxy) is 1. The first-order valence-electron chi connectivity index (χ1n) is 9.68. The van der Waals surface area contributed by atoms with Crippen LogP contribution in [0, 0.1) is 5.92 Å². The van der Waals surface area contributed by atoms with Crippen molar-refractivity contribution in [1.29, 1.82) is 0 Å². The number of fused-ring (bicyclic) bond motifs is 3.